The Kier molecular flexibility index (Phi) is 6.89. The number of hydrogen-bond acceptors (Lipinski definition) is 4. The number of alkyl halides is 3. The molecule has 1 atom stereocenters. The molecule has 1 aliphatic heterocycles. The van der Waals surface area contributed by atoms with Gasteiger partial charge in [-0.2, -0.15) is 13.2 Å². The van der Waals surface area contributed by atoms with Crippen LogP contribution in [0.2, 0.25) is 0 Å². The van der Waals surface area contributed by atoms with Crippen LogP contribution in [0.4, 0.5) is 13.2 Å². The van der Waals surface area contributed by atoms with Crippen molar-refractivity contribution in [2.24, 2.45) is 0 Å². The van der Waals surface area contributed by atoms with E-state index in [9.17, 15) is 18.0 Å². The van der Waals surface area contributed by atoms with E-state index >= 15 is 0 Å². The lowest BCUT2D eigenvalue weighted by atomic mass is 10.1. The van der Waals surface area contributed by atoms with Gasteiger partial charge >= 0.3 is 6.18 Å². The molecule has 124 valence electrons. The number of piperidine rings is 1. The molecule has 2 N–H and O–H groups in total. The molecule has 2 rings (SSSR count). The van der Waals surface area contributed by atoms with E-state index in [0.29, 0.717) is 12.1 Å². The van der Waals surface area contributed by atoms with Crippen molar-refractivity contribution < 1.29 is 22.7 Å². The van der Waals surface area contributed by atoms with E-state index in [-0.39, 0.29) is 30.2 Å². The summed E-state index contributed by atoms with van der Waals surface area (Å²) in [5.74, 6) is -0.457. The van der Waals surface area contributed by atoms with Crippen molar-refractivity contribution in [1.29, 1.82) is 0 Å². The van der Waals surface area contributed by atoms with E-state index in [2.05, 4.69) is 20.4 Å². The number of carbonyl (C=O) groups is 1. The Morgan fingerprint density at radius 1 is 1.45 bits per heavy atom. The summed E-state index contributed by atoms with van der Waals surface area (Å²) in [5, 5.41) is 6.02. The average molecular weight is 340 g/mol. The van der Waals surface area contributed by atoms with E-state index in [1.807, 2.05) is 0 Å². The molecule has 1 saturated heterocycles. The van der Waals surface area contributed by atoms with Crippen LogP contribution in [-0.2, 0) is 0 Å². The van der Waals surface area contributed by atoms with Gasteiger partial charge in [0.25, 0.3) is 5.91 Å². The molecule has 0 radical (unpaired) electrons. The molecule has 1 aromatic heterocycles. The van der Waals surface area contributed by atoms with Gasteiger partial charge in [0.1, 0.15) is 0 Å². The van der Waals surface area contributed by atoms with Crippen molar-refractivity contribution in [3.05, 3.63) is 23.9 Å². The Morgan fingerprint density at radius 3 is 2.77 bits per heavy atom. The molecule has 0 spiro atoms. The van der Waals surface area contributed by atoms with Crippen LogP contribution < -0.4 is 15.4 Å². The second-order valence-corrected chi connectivity index (χ2v) is 4.81. The molecule has 22 heavy (non-hydrogen) atoms. The maximum Gasteiger partial charge on any atom is 0.422 e. The molecule has 1 fully saturated rings. The third kappa shape index (κ3) is 6.07. The van der Waals surface area contributed by atoms with Crippen molar-refractivity contribution in [2.75, 3.05) is 19.7 Å². The lowest BCUT2D eigenvalue weighted by Gasteiger charge is -2.23. The Hall–Kier alpha value is -1.54. The van der Waals surface area contributed by atoms with Crippen molar-refractivity contribution in [1.82, 2.24) is 15.6 Å². The molecule has 5 nitrogen and oxygen atoms in total. The molecule has 0 aromatic carbocycles. The Balaban J connectivity index is 0.00000242. The first-order chi connectivity index (χ1) is 9.94. The van der Waals surface area contributed by atoms with E-state index < -0.39 is 12.8 Å². The number of hydrogen-bond donors (Lipinski definition) is 2. The quantitative estimate of drug-likeness (QED) is 0.880. The first kappa shape index (κ1) is 18.5. The van der Waals surface area contributed by atoms with Crippen molar-refractivity contribution in [3.63, 3.8) is 0 Å². The lowest BCUT2D eigenvalue weighted by molar-refractivity contribution is -0.154. The van der Waals surface area contributed by atoms with Crippen LogP contribution in [0.1, 0.15) is 23.2 Å². The Labute approximate surface area is 132 Å². The van der Waals surface area contributed by atoms with Crippen molar-refractivity contribution in [2.45, 2.75) is 25.1 Å². The summed E-state index contributed by atoms with van der Waals surface area (Å²) in [5.41, 5.74) is 0.292. The van der Waals surface area contributed by atoms with Gasteiger partial charge in [-0.3, -0.25) is 4.79 Å². The third-order valence-electron chi connectivity index (χ3n) is 3.01. The minimum atomic E-state index is -4.41. The van der Waals surface area contributed by atoms with Crippen LogP contribution in [0, 0.1) is 0 Å². The van der Waals surface area contributed by atoms with Gasteiger partial charge in [-0.25, -0.2) is 4.98 Å². The SMILES string of the molecule is Cl.O=C(N[C@H]1CCCNC1)c1ccc(OCC(F)(F)F)nc1. The van der Waals surface area contributed by atoms with Crippen LogP contribution in [0.15, 0.2) is 18.3 Å². The maximum absolute atomic E-state index is 12.0. The summed E-state index contributed by atoms with van der Waals surface area (Å²) in [6, 6.07) is 2.71. The van der Waals surface area contributed by atoms with Gasteiger partial charge in [0.05, 0.1) is 5.56 Å². The van der Waals surface area contributed by atoms with E-state index in [0.717, 1.165) is 19.4 Å². The number of nitrogens with zero attached hydrogens (tertiary/aromatic N) is 1. The van der Waals surface area contributed by atoms with Crippen LogP contribution in [0.3, 0.4) is 0 Å². The zero-order chi connectivity index (χ0) is 15.3. The highest BCUT2D eigenvalue weighted by molar-refractivity contribution is 5.94. The van der Waals surface area contributed by atoms with E-state index in [1.54, 1.807) is 0 Å². The van der Waals surface area contributed by atoms with Crippen LogP contribution in [0.5, 0.6) is 5.88 Å². The third-order valence-corrected chi connectivity index (χ3v) is 3.01. The van der Waals surface area contributed by atoms with Gasteiger partial charge in [-0.15, -0.1) is 12.4 Å². The first-order valence-corrected chi connectivity index (χ1v) is 6.61. The predicted molar refractivity (Wildman–Crippen MR) is 76.4 cm³/mol. The van der Waals surface area contributed by atoms with Gasteiger partial charge in [0.2, 0.25) is 5.88 Å². The second kappa shape index (κ2) is 8.19. The molecule has 2 heterocycles. The number of nitrogens with one attached hydrogen (secondary N) is 2. The highest BCUT2D eigenvalue weighted by Gasteiger charge is 2.28. The van der Waals surface area contributed by atoms with Gasteiger partial charge in [-0.05, 0) is 25.5 Å². The Morgan fingerprint density at radius 2 is 2.23 bits per heavy atom. The van der Waals surface area contributed by atoms with Crippen LogP contribution in [0.25, 0.3) is 0 Å². The van der Waals surface area contributed by atoms with Gasteiger partial charge in [0.15, 0.2) is 6.61 Å². The molecular formula is C13H17ClF3N3O2. The normalized spacial score (nSPS) is 18.2. The zero-order valence-electron chi connectivity index (χ0n) is 11.7. The van der Waals surface area contributed by atoms with Gasteiger partial charge < -0.3 is 15.4 Å². The fraction of sp³-hybridized carbons (Fsp3) is 0.538. The maximum atomic E-state index is 12.0. The number of aromatic nitrogens is 1. The average Bonchev–Trinajstić information content (AvgIpc) is 2.46. The Bertz CT molecular complexity index is 476. The topological polar surface area (TPSA) is 63.2 Å². The summed E-state index contributed by atoms with van der Waals surface area (Å²) in [6.45, 7) is 0.254. The van der Waals surface area contributed by atoms with E-state index in [4.69, 9.17) is 0 Å². The molecule has 1 aliphatic rings. The summed E-state index contributed by atoms with van der Waals surface area (Å²) < 4.78 is 40.4. The molecule has 0 unspecified atom stereocenters. The summed E-state index contributed by atoms with van der Waals surface area (Å²) >= 11 is 0. The fourth-order valence-corrected chi connectivity index (χ4v) is 2.00. The minimum absolute atomic E-state index is 0. The molecule has 1 amide bonds. The highest BCUT2D eigenvalue weighted by atomic mass is 35.5. The van der Waals surface area contributed by atoms with E-state index in [1.165, 1.54) is 18.3 Å². The monoisotopic (exact) mass is 339 g/mol. The number of carbonyl (C=O) groups excluding carboxylic acids is 1. The molecular weight excluding hydrogens is 323 g/mol. The zero-order valence-corrected chi connectivity index (χ0v) is 12.5. The molecule has 9 heteroatoms. The first-order valence-electron chi connectivity index (χ1n) is 6.61. The smallest absolute Gasteiger partial charge is 0.422 e. The van der Waals surface area contributed by atoms with Crippen LogP contribution >= 0.6 is 12.4 Å². The molecule has 1 aromatic rings. The summed E-state index contributed by atoms with van der Waals surface area (Å²) in [6.07, 6.45) is -1.31. The number of amides is 1. The van der Waals surface area contributed by atoms with Crippen molar-refractivity contribution >= 4 is 18.3 Å². The minimum Gasteiger partial charge on any atom is -0.468 e. The molecule has 0 aliphatic carbocycles. The summed E-state index contributed by atoms with van der Waals surface area (Å²) in [4.78, 5) is 15.6. The predicted octanol–water partition coefficient (Wildman–Crippen LogP) is 1.93. The highest BCUT2D eigenvalue weighted by Crippen LogP contribution is 2.17. The number of halogens is 4. The molecule has 0 saturated carbocycles. The van der Waals surface area contributed by atoms with Crippen molar-refractivity contribution in [3.8, 4) is 5.88 Å². The standard InChI is InChI=1S/C13H16F3N3O2.ClH/c14-13(15,16)8-21-11-4-3-9(6-18-11)12(20)19-10-2-1-5-17-7-10;/h3-4,6,10,17H,1-2,5,7-8H2,(H,19,20);1H/t10-;/m0./s1. The summed E-state index contributed by atoms with van der Waals surface area (Å²) in [7, 11) is 0. The number of pyridine rings is 1. The van der Waals surface area contributed by atoms with Crippen LogP contribution in [-0.4, -0.2) is 42.8 Å². The number of ether oxygens (including phenoxy) is 1. The van der Waals surface area contributed by atoms with Gasteiger partial charge in [0, 0.05) is 24.8 Å². The largest absolute Gasteiger partial charge is 0.468 e. The number of rotatable bonds is 4. The second-order valence-electron chi connectivity index (χ2n) is 4.81. The molecule has 0 bridgehead atoms. The fourth-order valence-electron chi connectivity index (χ4n) is 2.00. The van der Waals surface area contributed by atoms with Gasteiger partial charge in [-0.1, -0.05) is 0 Å². The lowest BCUT2D eigenvalue weighted by Crippen LogP contribution is -2.45.